The van der Waals surface area contributed by atoms with Crippen LogP contribution in [0.1, 0.15) is 17.5 Å². The molecular weight excluding hydrogens is 268 g/mol. The Morgan fingerprint density at radius 1 is 0.955 bits per heavy atom. The van der Waals surface area contributed by atoms with Crippen molar-refractivity contribution < 1.29 is 5.11 Å². The van der Waals surface area contributed by atoms with E-state index >= 15 is 0 Å². The van der Waals surface area contributed by atoms with Crippen LogP contribution in [0.3, 0.4) is 0 Å². The molecule has 0 bridgehead atoms. The van der Waals surface area contributed by atoms with E-state index in [2.05, 4.69) is 43.0 Å². The molecule has 2 rings (SSSR count). The van der Waals surface area contributed by atoms with Gasteiger partial charge in [0.05, 0.1) is 0 Å². The van der Waals surface area contributed by atoms with Crippen molar-refractivity contribution in [1.82, 2.24) is 0 Å². The Kier molecular flexibility index (Phi) is 6.66. The third-order valence-electron chi connectivity index (χ3n) is 3.95. The molecule has 0 aliphatic heterocycles. The summed E-state index contributed by atoms with van der Waals surface area (Å²) in [5.41, 5.74) is 2.46. The van der Waals surface area contributed by atoms with Gasteiger partial charge in [-0.3, -0.25) is 0 Å². The second kappa shape index (κ2) is 9.01. The number of hydrogen-bond acceptors (Lipinski definition) is 1. The lowest BCUT2D eigenvalue weighted by Crippen LogP contribution is -2.19. The second-order valence-electron chi connectivity index (χ2n) is 5.59. The lowest BCUT2D eigenvalue weighted by molar-refractivity contribution is 0.193. The van der Waals surface area contributed by atoms with E-state index in [1.165, 1.54) is 11.1 Å². The minimum absolute atomic E-state index is 0.187. The first-order chi connectivity index (χ1) is 10.8. The molecule has 0 amide bonds. The molecule has 0 saturated carbocycles. The summed E-state index contributed by atoms with van der Waals surface area (Å²) in [6.07, 6.45) is 8.05. The van der Waals surface area contributed by atoms with Crippen molar-refractivity contribution in [2.75, 3.05) is 6.61 Å². The molecule has 0 aliphatic carbocycles. The van der Waals surface area contributed by atoms with Crippen LogP contribution in [-0.4, -0.2) is 11.7 Å². The zero-order valence-corrected chi connectivity index (χ0v) is 12.9. The Morgan fingerprint density at radius 3 is 2.18 bits per heavy atom. The molecule has 2 atom stereocenters. The standard InChI is InChI=1S/C21H24O/c1-2-9-20(15-14-18-10-5-3-6-11-18)21(17-22)16-19-12-7-4-8-13-19/h2-8,10-15,20-22H,1,9,16-17H2/b15-14+/t20-,21+/m0/s1. The zero-order valence-electron chi connectivity index (χ0n) is 12.9. The van der Waals surface area contributed by atoms with Crippen LogP contribution < -0.4 is 0 Å². The van der Waals surface area contributed by atoms with Crippen LogP contribution in [0.4, 0.5) is 0 Å². The maximum absolute atomic E-state index is 9.81. The van der Waals surface area contributed by atoms with Crippen molar-refractivity contribution in [3.63, 3.8) is 0 Å². The molecule has 0 aromatic heterocycles. The van der Waals surface area contributed by atoms with Crippen molar-refractivity contribution >= 4 is 6.08 Å². The largest absolute Gasteiger partial charge is 0.396 e. The first-order valence-corrected chi connectivity index (χ1v) is 7.82. The molecule has 0 aliphatic rings. The van der Waals surface area contributed by atoms with Gasteiger partial charge in [0.25, 0.3) is 0 Å². The Labute approximate surface area is 133 Å². The Morgan fingerprint density at radius 2 is 1.59 bits per heavy atom. The highest BCUT2D eigenvalue weighted by atomic mass is 16.3. The van der Waals surface area contributed by atoms with Crippen LogP contribution in [-0.2, 0) is 6.42 Å². The van der Waals surface area contributed by atoms with E-state index in [4.69, 9.17) is 0 Å². The van der Waals surface area contributed by atoms with Gasteiger partial charge in [0.1, 0.15) is 0 Å². The van der Waals surface area contributed by atoms with Crippen molar-refractivity contribution in [3.05, 3.63) is 90.5 Å². The van der Waals surface area contributed by atoms with Gasteiger partial charge in [-0.15, -0.1) is 6.58 Å². The summed E-state index contributed by atoms with van der Waals surface area (Å²) in [6, 6.07) is 20.6. The fourth-order valence-electron chi connectivity index (χ4n) is 2.69. The van der Waals surface area contributed by atoms with Gasteiger partial charge in [-0.1, -0.05) is 78.9 Å². The molecule has 0 spiro atoms. The van der Waals surface area contributed by atoms with Crippen LogP contribution in [0, 0.1) is 11.8 Å². The molecule has 22 heavy (non-hydrogen) atoms. The maximum Gasteiger partial charge on any atom is 0.0468 e. The minimum atomic E-state index is 0.187. The smallest absolute Gasteiger partial charge is 0.0468 e. The van der Waals surface area contributed by atoms with Crippen molar-refractivity contribution in [2.45, 2.75) is 12.8 Å². The number of allylic oxidation sites excluding steroid dienone is 2. The highest BCUT2D eigenvalue weighted by Crippen LogP contribution is 2.23. The van der Waals surface area contributed by atoms with Gasteiger partial charge in [-0.05, 0) is 35.8 Å². The van der Waals surface area contributed by atoms with Crippen molar-refractivity contribution in [3.8, 4) is 0 Å². The summed E-state index contributed by atoms with van der Waals surface area (Å²) in [5.74, 6) is 0.503. The number of aliphatic hydroxyl groups excluding tert-OH is 1. The van der Waals surface area contributed by atoms with Crippen LogP contribution >= 0.6 is 0 Å². The summed E-state index contributed by atoms with van der Waals surface area (Å²) in [5, 5.41) is 9.81. The van der Waals surface area contributed by atoms with Gasteiger partial charge >= 0.3 is 0 Å². The molecule has 2 aromatic carbocycles. The predicted molar refractivity (Wildman–Crippen MR) is 94.5 cm³/mol. The van der Waals surface area contributed by atoms with E-state index in [-0.39, 0.29) is 12.5 Å². The van der Waals surface area contributed by atoms with Crippen LogP contribution in [0.5, 0.6) is 0 Å². The molecule has 0 heterocycles. The molecule has 1 heteroatoms. The van der Waals surface area contributed by atoms with Gasteiger partial charge in [0.2, 0.25) is 0 Å². The molecule has 114 valence electrons. The van der Waals surface area contributed by atoms with Crippen LogP contribution in [0.25, 0.3) is 6.08 Å². The normalized spacial score (nSPS) is 13.9. The average Bonchev–Trinajstić information content (AvgIpc) is 2.58. The first-order valence-electron chi connectivity index (χ1n) is 7.82. The number of benzene rings is 2. The summed E-state index contributed by atoms with van der Waals surface area (Å²) < 4.78 is 0. The quantitative estimate of drug-likeness (QED) is 0.697. The molecule has 0 saturated heterocycles. The molecule has 0 fully saturated rings. The van der Waals surface area contributed by atoms with E-state index < -0.39 is 0 Å². The fourth-order valence-corrected chi connectivity index (χ4v) is 2.69. The van der Waals surface area contributed by atoms with E-state index in [0.29, 0.717) is 5.92 Å². The fraction of sp³-hybridized carbons (Fsp3) is 0.238. The summed E-state index contributed by atoms with van der Waals surface area (Å²) in [6.45, 7) is 4.05. The third-order valence-corrected chi connectivity index (χ3v) is 3.95. The third kappa shape index (κ3) is 5.01. The second-order valence-corrected chi connectivity index (χ2v) is 5.59. The van der Waals surface area contributed by atoms with Gasteiger partial charge in [-0.2, -0.15) is 0 Å². The van der Waals surface area contributed by atoms with E-state index in [9.17, 15) is 5.11 Å². The highest BCUT2D eigenvalue weighted by molar-refractivity contribution is 5.49. The molecule has 0 radical (unpaired) electrons. The van der Waals surface area contributed by atoms with E-state index in [1.807, 2.05) is 42.5 Å². The molecule has 1 nitrogen and oxygen atoms in total. The van der Waals surface area contributed by atoms with E-state index in [0.717, 1.165) is 12.8 Å². The van der Waals surface area contributed by atoms with Crippen LogP contribution in [0.2, 0.25) is 0 Å². The number of rotatable bonds is 8. The van der Waals surface area contributed by atoms with Crippen LogP contribution in [0.15, 0.2) is 79.4 Å². The predicted octanol–water partition coefficient (Wildman–Crippen LogP) is 4.74. The lowest BCUT2D eigenvalue weighted by Gasteiger charge is -2.22. The monoisotopic (exact) mass is 292 g/mol. The average molecular weight is 292 g/mol. The lowest BCUT2D eigenvalue weighted by atomic mass is 9.84. The number of hydrogen-bond donors (Lipinski definition) is 1. The van der Waals surface area contributed by atoms with Crippen molar-refractivity contribution in [2.24, 2.45) is 11.8 Å². The molecule has 0 unspecified atom stereocenters. The van der Waals surface area contributed by atoms with Gasteiger partial charge in [-0.25, -0.2) is 0 Å². The first kappa shape index (κ1) is 16.3. The Balaban J connectivity index is 2.10. The minimum Gasteiger partial charge on any atom is -0.396 e. The zero-order chi connectivity index (χ0) is 15.6. The molecule has 2 aromatic rings. The molecular formula is C21H24O. The highest BCUT2D eigenvalue weighted by Gasteiger charge is 2.17. The van der Waals surface area contributed by atoms with Crippen molar-refractivity contribution in [1.29, 1.82) is 0 Å². The summed E-state index contributed by atoms with van der Waals surface area (Å²) in [4.78, 5) is 0. The summed E-state index contributed by atoms with van der Waals surface area (Å²) >= 11 is 0. The maximum atomic E-state index is 9.81. The topological polar surface area (TPSA) is 20.2 Å². The Hall–Kier alpha value is -2.12. The Bertz CT molecular complexity index is 571. The van der Waals surface area contributed by atoms with Gasteiger partial charge < -0.3 is 5.11 Å². The SMILES string of the molecule is C=CC[C@@H](/C=C/c1ccccc1)[C@@H](CO)Cc1ccccc1. The summed E-state index contributed by atoms with van der Waals surface area (Å²) in [7, 11) is 0. The molecule has 1 N–H and O–H groups in total. The van der Waals surface area contributed by atoms with Gasteiger partial charge in [0.15, 0.2) is 0 Å². The van der Waals surface area contributed by atoms with E-state index in [1.54, 1.807) is 0 Å². The number of aliphatic hydroxyl groups is 1. The van der Waals surface area contributed by atoms with Gasteiger partial charge in [0, 0.05) is 6.61 Å².